The van der Waals surface area contributed by atoms with E-state index in [0.29, 0.717) is 6.10 Å². The van der Waals surface area contributed by atoms with Crippen LogP contribution in [0.4, 0.5) is 0 Å². The lowest BCUT2D eigenvalue weighted by Crippen LogP contribution is -2.36. The van der Waals surface area contributed by atoms with Crippen molar-refractivity contribution in [1.82, 2.24) is 4.90 Å². The van der Waals surface area contributed by atoms with E-state index in [1.165, 1.54) is 24.0 Å². The highest BCUT2D eigenvalue weighted by Crippen LogP contribution is 2.15. The standard InChI is InChI=1S/C14H21NO.C2H6/c1-12-3-5-13(6-4-12)11-15-9-7-14(16-2)8-10-15;1-2/h3-6,14H,7-11H2,1-2H3;1-2H3. The van der Waals surface area contributed by atoms with Gasteiger partial charge in [-0.2, -0.15) is 0 Å². The summed E-state index contributed by atoms with van der Waals surface area (Å²) in [6, 6.07) is 8.85. The molecule has 18 heavy (non-hydrogen) atoms. The molecule has 2 rings (SSSR count). The fourth-order valence-corrected chi connectivity index (χ4v) is 2.25. The molecule has 1 fully saturated rings. The van der Waals surface area contributed by atoms with Gasteiger partial charge in [0.25, 0.3) is 0 Å². The van der Waals surface area contributed by atoms with Gasteiger partial charge in [-0.25, -0.2) is 0 Å². The van der Waals surface area contributed by atoms with Crippen molar-refractivity contribution in [3.8, 4) is 0 Å². The number of nitrogens with zero attached hydrogens (tertiary/aromatic N) is 1. The maximum Gasteiger partial charge on any atom is 0.0595 e. The SMILES string of the molecule is CC.COC1CCN(Cc2ccc(C)cc2)CC1. The summed E-state index contributed by atoms with van der Waals surface area (Å²) in [7, 11) is 1.82. The van der Waals surface area contributed by atoms with Gasteiger partial charge in [-0.15, -0.1) is 0 Å². The summed E-state index contributed by atoms with van der Waals surface area (Å²) in [5.41, 5.74) is 2.75. The summed E-state index contributed by atoms with van der Waals surface area (Å²) < 4.78 is 5.38. The van der Waals surface area contributed by atoms with Gasteiger partial charge in [0.05, 0.1) is 6.10 Å². The predicted molar refractivity (Wildman–Crippen MR) is 77.8 cm³/mol. The molecular formula is C16H27NO. The molecule has 1 aliphatic heterocycles. The first-order valence-corrected chi connectivity index (χ1v) is 7.08. The average Bonchev–Trinajstić information content (AvgIpc) is 2.44. The van der Waals surface area contributed by atoms with E-state index >= 15 is 0 Å². The van der Waals surface area contributed by atoms with E-state index in [-0.39, 0.29) is 0 Å². The minimum absolute atomic E-state index is 0.481. The zero-order chi connectivity index (χ0) is 13.4. The molecule has 0 N–H and O–H groups in total. The van der Waals surface area contributed by atoms with E-state index in [2.05, 4.69) is 36.1 Å². The molecule has 0 aliphatic carbocycles. The van der Waals surface area contributed by atoms with Gasteiger partial charge < -0.3 is 4.74 Å². The molecule has 0 unspecified atom stereocenters. The normalized spacial score (nSPS) is 17.1. The smallest absolute Gasteiger partial charge is 0.0595 e. The molecule has 0 saturated carbocycles. The highest BCUT2D eigenvalue weighted by Gasteiger charge is 2.18. The Bertz CT molecular complexity index is 312. The second kappa shape index (κ2) is 8.28. The average molecular weight is 249 g/mol. The number of hydrogen-bond acceptors (Lipinski definition) is 2. The maximum absolute atomic E-state index is 5.38. The van der Waals surface area contributed by atoms with E-state index < -0.39 is 0 Å². The third-order valence-corrected chi connectivity index (χ3v) is 3.39. The molecule has 0 aromatic heterocycles. The van der Waals surface area contributed by atoms with Gasteiger partial charge in [0.2, 0.25) is 0 Å². The Hall–Kier alpha value is -0.860. The third-order valence-electron chi connectivity index (χ3n) is 3.39. The largest absolute Gasteiger partial charge is 0.381 e. The summed E-state index contributed by atoms with van der Waals surface area (Å²) in [4.78, 5) is 2.51. The first-order chi connectivity index (χ1) is 8.78. The Morgan fingerprint density at radius 2 is 1.67 bits per heavy atom. The Balaban J connectivity index is 0.000000771. The molecule has 0 radical (unpaired) electrons. The Morgan fingerprint density at radius 1 is 1.11 bits per heavy atom. The van der Waals surface area contributed by atoms with Crippen LogP contribution in [0.3, 0.4) is 0 Å². The Kier molecular flexibility index (Phi) is 6.99. The molecule has 0 spiro atoms. The number of likely N-dealkylation sites (tertiary alicyclic amines) is 1. The molecule has 1 aromatic carbocycles. The summed E-state index contributed by atoms with van der Waals surface area (Å²) in [5, 5.41) is 0. The van der Waals surface area contributed by atoms with Gasteiger partial charge >= 0.3 is 0 Å². The van der Waals surface area contributed by atoms with Gasteiger partial charge in [-0.05, 0) is 25.3 Å². The van der Waals surface area contributed by atoms with Crippen LogP contribution >= 0.6 is 0 Å². The highest BCUT2D eigenvalue weighted by molar-refractivity contribution is 5.21. The lowest BCUT2D eigenvalue weighted by atomic mass is 10.1. The van der Waals surface area contributed by atoms with Crippen LogP contribution in [0.5, 0.6) is 0 Å². The Labute approximate surface area is 112 Å². The van der Waals surface area contributed by atoms with Gasteiger partial charge in [0.15, 0.2) is 0 Å². The third kappa shape index (κ3) is 4.79. The monoisotopic (exact) mass is 249 g/mol. The van der Waals surface area contributed by atoms with Crippen molar-refractivity contribution in [3.63, 3.8) is 0 Å². The van der Waals surface area contributed by atoms with Crippen LogP contribution in [-0.2, 0) is 11.3 Å². The topological polar surface area (TPSA) is 12.5 Å². The van der Waals surface area contributed by atoms with Crippen LogP contribution in [0.25, 0.3) is 0 Å². The van der Waals surface area contributed by atoms with E-state index in [4.69, 9.17) is 4.74 Å². The van der Waals surface area contributed by atoms with Crippen molar-refractivity contribution < 1.29 is 4.74 Å². The number of ether oxygens (including phenoxy) is 1. The van der Waals surface area contributed by atoms with Crippen LogP contribution in [0.2, 0.25) is 0 Å². The van der Waals surface area contributed by atoms with Crippen molar-refractivity contribution >= 4 is 0 Å². The molecule has 0 atom stereocenters. The highest BCUT2D eigenvalue weighted by atomic mass is 16.5. The van der Waals surface area contributed by atoms with Crippen LogP contribution in [-0.4, -0.2) is 31.2 Å². The van der Waals surface area contributed by atoms with E-state index in [0.717, 1.165) is 19.6 Å². The fourth-order valence-electron chi connectivity index (χ4n) is 2.25. The minimum atomic E-state index is 0.481. The number of rotatable bonds is 3. The van der Waals surface area contributed by atoms with Gasteiger partial charge in [-0.1, -0.05) is 43.7 Å². The quantitative estimate of drug-likeness (QED) is 0.811. The lowest BCUT2D eigenvalue weighted by molar-refractivity contribution is 0.0388. The van der Waals surface area contributed by atoms with Crippen LogP contribution in [0, 0.1) is 6.92 Å². The van der Waals surface area contributed by atoms with Crippen molar-refractivity contribution in [3.05, 3.63) is 35.4 Å². The van der Waals surface area contributed by atoms with E-state index in [1.807, 2.05) is 21.0 Å². The van der Waals surface area contributed by atoms with Crippen molar-refractivity contribution in [2.45, 2.75) is 46.3 Å². The molecule has 2 heteroatoms. The van der Waals surface area contributed by atoms with E-state index in [9.17, 15) is 0 Å². The molecule has 1 heterocycles. The van der Waals surface area contributed by atoms with Crippen LogP contribution in [0.1, 0.15) is 37.8 Å². The predicted octanol–water partition coefficient (Wildman–Crippen LogP) is 3.63. The molecule has 2 nitrogen and oxygen atoms in total. The van der Waals surface area contributed by atoms with Gasteiger partial charge in [-0.3, -0.25) is 4.90 Å². The fraction of sp³-hybridized carbons (Fsp3) is 0.625. The molecule has 1 aliphatic rings. The summed E-state index contributed by atoms with van der Waals surface area (Å²) in [5.74, 6) is 0. The molecule has 102 valence electrons. The number of benzene rings is 1. The Morgan fingerprint density at radius 3 is 2.17 bits per heavy atom. The molecule has 0 bridgehead atoms. The number of aryl methyl sites for hydroxylation is 1. The van der Waals surface area contributed by atoms with Crippen LogP contribution in [0.15, 0.2) is 24.3 Å². The zero-order valence-electron chi connectivity index (χ0n) is 12.3. The minimum Gasteiger partial charge on any atom is -0.381 e. The molecule has 1 aromatic rings. The lowest BCUT2D eigenvalue weighted by Gasteiger charge is -2.31. The molecular weight excluding hydrogens is 222 g/mol. The zero-order valence-corrected chi connectivity index (χ0v) is 12.3. The summed E-state index contributed by atoms with van der Waals surface area (Å²) in [6.45, 7) is 9.53. The second-order valence-corrected chi connectivity index (χ2v) is 4.70. The first-order valence-electron chi connectivity index (χ1n) is 7.08. The number of hydrogen-bond donors (Lipinski definition) is 0. The second-order valence-electron chi connectivity index (χ2n) is 4.70. The van der Waals surface area contributed by atoms with Crippen molar-refractivity contribution in [2.24, 2.45) is 0 Å². The molecule has 1 saturated heterocycles. The van der Waals surface area contributed by atoms with Crippen LogP contribution < -0.4 is 0 Å². The van der Waals surface area contributed by atoms with Crippen molar-refractivity contribution in [1.29, 1.82) is 0 Å². The number of methoxy groups -OCH3 is 1. The van der Waals surface area contributed by atoms with Crippen molar-refractivity contribution in [2.75, 3.05) is 20.2 Å². The molecule has 0 amide bonds. The first kappa shape index (κ1) is 15.2. The summed E-state index contributed by atoms with van der Waals surface area (Å²) >= 11 is 0. The van der Waals surface area contributed by atoms with Gasteiger partial charge in [0.1, 0.15) is 0 Å². The maximum atomic E-state index is 5.38. The number of piperidine rings is 1. The summed E-state index contributed by atoms with van der Waals surface area (Å²) in [6.07, 6.45) is 2.82. The van der Waals surface area contributed by atoms with Gasteiger partial charge in [0, 0.05) is 26.7 Å². The van der Waals surface area contributed by atoms with E-state index in [1.54, 1.807) is 0 Å².